The zero-order valence-electron chi connectivity index (χ0n) is 17.7. The largest absolute Gasteiger partial charge is 0.493 e. The highest BCUT2D eigenvalue weighted by molar-refractivity contribution is 7.93. The van der Waals surface area contributed by atoms with E-state index >= 15 is 0 Å². The number of amides is 1. The van der Waals surface area contributed by atoms with E-state index < -0.39 is 16.6 Å². The van der Waals surface area contributed by atoms with Crippen LogP contribution in [0.2, 0.25) is 0 Å². The maximum atomic E-state index is 12.6. The summed E-state index contributed by atoms with van der Waals surface area (Å²) >= 11 is 0. The van der Waals surface area contributed by atoms with Gasteiger partial charge in [-0.1, -0.05) is 18.2 Å². The molecule has 0 aliphatic carbocycles. The molecular weight excluding hydrogens is 442 g/mol. The van der Waals surface area contributed by atoms with Crippen molar-refractivity contribution in [1.82, 2.24) is 4.90 Å². The number of carbonyl (C=O) groups is 1. The minimum atomic E-state index is -3.24. The molecule has 0 bridgehead atoms. The van der Waals surface area contributed by atoms with E-state index in [0.29, 0.717) is 24.2 Å². The van der Waals surface area contributed by atoms with E-state index in [1.165, 1.54) is 34.5 Å². The van der Waals surface area contributed by atoms with Gasteiger partial charge in [0.05, 0.1) is 18.6 Å². The molecular formula is C22H24F2N2O5S. The molecule has 1 heterocycles. The Morgan fingerprint density at radius 3 is 2.50 bits per heavy atom. The summed E-state index contributed by atoms with van der Waals surface area (Å²) < 4.78 is 60.1. The predicted octanol–water partition coefficient (Wildman–Crippen LogP) is 3.51. The average molecular weight is 467 g/mol. The number of anilines is 1. The summed E-state index contributed by atoms with van der Waals surface area (Å²) in [6.07, 6.45) is 3.62. The van der Waals surface area contributed by atoms with Crippen molar-refractivity contribution < 1.29 is 31.5 Å². The first-order valence-corrected chi connectivity index (χ1v) is 11.5. The van der Waals surface area contributed by atoms with E-state index in [9.17, 15) is 22.0 Å². The summed E-state index contributed by atoms with van der Waals surface area (Å²) in [5.41, 5.74) is 1.94. The maximum absolute atomic E-state index is 12.6. The maximum Gasteiger partial charge on any atom is 0.387 e. The highest BCUT2D eigenvalue weighted by Gasteiger charge is 2.28. The van der Waals surface area contributed by atoms with E-state index in [2.05, 4.69) is 4.74 Å². The molecule has 0 N–H and O–H groups in total. The van der Waals surface area contributed by atoms with Gasteiger partial charge in [-0.15, -0.1) is 0 Å². The summed E-state index contributed by atoms with van der Waals surface area (Å²) in [6.45, 7) is -2.34. The lowest BCUT2D eigenvalue weighted by molar-refractivity contribution is -0.125. The van der Waals surface area contributed by atoms with Gasteiger partial charge < -0.3 is 14.4 Å². The molecule has 1 amide bonds. The van der Waals surface area contributed by atoms with Gasteiger partial charge in [0.15, 0.2) is 11.5 Å². The Hall–Kier alpha value is -3.14. The number of ether oxygens (including phenoxy) is 2. The van der Waals surface area contributed by atoms with Crippen LogP contribution in [0.1, 0.15) is 17.5 Å². The number of benzene rings is 2. The molecule has 2 aromatic carbocycles. The molecule has 2 aromatic rings. The number of methoxy groups -OCH3 is 1. The fourth-order valence-electron chi connectivity index (χ4n) is 3.34. The van der Waals surface area contributed by atoms with Crippen molar-refractivity contribution in [3.63, 3.8) is 0 Å². The molecule has 0 atom stereocenters. The molecule has 1 saturated heterocycles. The second-order valence-corrected chi connectivity index (χ2v) is 9.24. The second-order valence-electron chi connectivity index (χ2n) is 7.22. The lowest BCUT2D eigenvalue weighted by Crippen LogP contribution is -2.24. The number of alkyl halides is 2. The number of halogens is 2. The van der Waals surface area contributed by atoms with Crippen molar-refractivity contribution in [3.05, 3.63) is 59.7 Å². The van der Waals surface area contributed by atoms with E-state index in [1.54, 1.807) is 43.5 Å². The molecule has 1 aliphatic heterocycles. The summed E-state index contributed by atoms with van der Waals surface area (Å²) in [6, 6.07) is 11.5. The van der Waals surface area contributed by atoms with Crippen LogP contribution in [-0.2, 0) is 21.4 Å². The van der Waals surface area contributed by atoms with E-state index in [4.69, 9.17) is 4.74 Å². The highest BCUT2D eigenvalue weighted by Crippen LogP contribution is 2.30. The van der Waals surface area contributed by atoms with Crippen molar-refractivity contribution in [1.29, 1.82) is 0 Å². The van der Waals surface area contributed by atoms with Crippen molar-refractivity contribution in [2.45, 2.75) is 19.6 Å². The first-order valence-electron chi connectivity index (χ1n) is 9.85. The van der Waals surface area contributed by atoms with Crippen molar-refractivity contribution in [3.8, 4) is 11.5 Å². The molecule has 0 saturated carbocycles. The predicted molar refractivity (Wildman–Crippen MR) is 117 cm³/mol. The van der Waals surface area contributed by atoms with Crippen LogP contribution < -0.4 is 13.8 Å². The van der Waals surface area contributed by atoms with Crippen LogP contribution in [0.5, 0.6) is 11.5 Å². The summed E-state index contributed by atoms with van der Waals surface area (Å²) in [7, 11) is -0.297. The third-order valence-corrected chi connectivity index (χ3v) is 6.81. The monoisotopic (exact) mass is 466 g/mol. The third-order valence-electron chi connectivity index (χ3n) is 4.94. The number of hydrogen-bond donors (Lipinski definition) is 0. The number of hydrogen-bond acceptors (Lipinski definition) is 5. The van der Waals surface area contributed by atoms with Gasteiger partial charge in [-0.05, 0) is 47.9 Å². The van der Waals surface area contributed by atoms with Gasteiger partial charge >= 0.3 is 6.61 Å². The standard InChI is InChI=1S/C22H24F2N2O5S/c1-25(15-17-6-10-19(30-2)20(14-17)31-22(23)24)21(27)11-7-16-4-8-18(9-5-16)26-12-3-13-32(26,28)29/h4-11,14,22H,3,12-13,15H2,1-2H3/b11-7+. The number of rotatable bonds is 8. The van der Waals surface area contributed by atoms with Crippen LogP contribution in [0.3, 0.4) is 0 Å². The Morgan fingerprint density at radius 2 is 1.91 bits per heavy atom. The number of likely N-dealkylation sites (N-methyl/N-ethyl adjacent to an activating group) is 1. The fraction of sp³-hybridized carbons (Fsp3) is 0.318. The van der Waals surface area contributed by atoms with E-state index in [0.717, 1.165) is 5.56 Å². The van der Waals surface area contributed by atoms with Crippen LogP contribution >= 0.6 is 0 Å². The van der Waals surface area contributed by atoms with E-state index in [1.807, 2.05) is 0 Å². The summed E-state index contributed by atoms with van der Waals surface area (Å²) in [5.74, 6) is -0.0626. The first-order chi connectivity index (χ1) is 15.2. The fourth-order valence-corrected chi connectivity index (χ4v) is 4.90. The molecule has 0 spiro atoms. The lowest BCUT2D eigenvalue weighted by atomic mass is 10.1. The molecule has 172 valence electrons. The number of nitrogens with zero attached hydrogens (tertiary/aromatic N) is 2. The van der Waals surface area contributed by atoms with Crippen LogP contribution in [0.4, 0.5) is 14.5 Å². The molecule has 0 aromatic heterocycles. The van der Waals surface area contributed by atoms with Gasteiger partial charge in [0.2, 0.25) is 15.9 Å². The minimum Gasteiger partial charge on any atom is -0.493 e. The number of carbonyl (C=O) groups excluding carboxylic acids is 1. The summed E-state index contributed by atoms with van der Waals surface area (Å²) in [4.78, 5) is 13.9. The second kappa shape index (κ2) is 9.99. The van der Waals surface area contributed by atoms with Crippen LogP contribution in [0, 0.1) is 0 Å². The normalized spacial score (nSPS) is 15.3. The topological polar surface area (TPSA) is 76.2 Å². The SMILES string of the molecule is COc1ccc(CN(C)C(=O)/C=C/c2ccc(N3CCCS3(=O)=O)cc2)cc1OC(F)F. The molecule has 32 heavy (non-hydrogen) atoms. The highest BCUT2D eigenvalue weighted by atomic mass is 32.2. The van der Waals surface area contributed by atoms with Crippen LogP contribution in [0.15, 0.2) is 48.5 Å². The quantitative estimate of drug-likeness (QED) is 0.557. The van der Waals surface area contributed by atoms with E-state index in [-0.39, 0.29) is 29.7 Å². The summed E-state index contributed by atoms with van der Waals surface area (Å²) in [5, 5.41) is 0. The molecule has 7 nitrogen and oxygen atoms in total. The van der Waals surface area contributed by atoms with Gasteiger partial charge in [0.1, 0.15) is 0 Å². The Morgan fingerprint density at radius 1 is 1.19 bits per heavy atom. The van der Waals surface area contributed by atoms with Gasteiger partial charge in [0.25, 0.3) is 0 Å². The van der Waals surface area contributed by atoms with Gasteiger partial charge in [0, 0.05) is 26.2 Å². The number of sulfonamides is 1. The molecule has 10 heteroatoms. The van der Waals surface area contributed by atoms with Gasteiger partial charge in [-0.2, -0.15) is 8.78 Å². The van der Waals surface area contributed by atoms with Gasteiger partial charge in [-0.25, -0.2) is 8.42 Å². The van der Waals surface area contributed by atoms with Crippen LogP contribution in [-0.4, -0.2) is 52.3 Å². The Kier molecular flexibility index (Phi) is 7.34. The molecule has 1 fully saturated rings. The zero-order chi connectivity index (χ0) is 23.3. The molecule has 1 aliphatic rings. The van der Waals surface area contributed by atoms with Crippen molar-refractivity contribution in [2.75, 3.05) is 30.8 Å². The Balaban J connectivity index is 1.63. The molecule has 3 rings (SSSR count). The third kappa shape index (κ3) is 5.76. The first kappa shape index (κ1) is 23.5. The zero-order valence-corrected chi connectivity index (χ0v) is 18.5. The average Bonchev–Trinajstić information content (AvgIpc) is 3.11. The Labute approximate surface area is 185 Å². The molecule has 0 radical (unpaired) electrons. The van der Waals surface area contributed by atoms with Crippen molar-refractivity contribution >= 4 is 27.7 Å². The van der Waals surface area contributed by atoms with Crippen molar-refractivity contribution in [2.24, 2.45) is 0 Å². The minimum absolute atomic E-state index is 0.100. The van der Waals surface area contributed by atoms with Gasteiger partial charge in [-0.3, -0.25) is 9.10 Å². The lowest BCUT2D eigenvalue weighted by Gasteiger charge is -2.17. The smallest absolute Gasteiger partial charge is 0.387 e. The molecule has 0 unspecified atom stereocenters. The van der Waals surface area contributed by atoms with Crippen LogP contribution in [0.25, 0.3) is 6.08 Å². The Bertz CT molecular complexity index is 1090.